The molecule has 2 nitrogen and oxygen atoms in total. The lowest BCUT2D eigenvalue weighted by atomic mass is 9.99. The largest absolute Gasteiger partial charge is 0.378 e. The van der Waals surface area contributed by atoms with Crippen molar-refractivity contribution in [3.8, 4) is 0 Å². The predicted molar refractivity (Wildman–Crippen MR) is 154 cm³/mol. The zero-order valence-electron chi connectivity index (χ0n) is 21.3. The van der Waals surface area contributed by atoms with Gasteiger partial charge in [-0.2, -0.15) is 0 Å². The molecule has 0 fully saturated rings. The number of allylic oxidation sites excluding steroid dienone is 4. The molecule has 0 aliphatic heterocycles. The van der Waals surface area contributed by atoms with Crippen LogP contribution in [0.2, 0.25) is 0 Å². The zero-order valence-corrected chi connectivity index (χ0v) is 21.3. The Morgan fingerprint density at radius 2 is 0.794 bits per heavy atom. The maximum Gasteiger partial charge on any atom is 0.0361 e. The van der Waals surface area contributed by atoms with Crippen molar-refractivity contribution in [2.24, 2.45) is 0 Å². The first-order valence-corrected chi connectivity index (χ1v) is 11.7. The molecular formula is C32H36N2. The summed E-state index contributed by atoms with van der Waals surface area (Å²) in [6, 6.07) is 21.6. The van der Waals surface area contributed by atoms with Gasteiger partial charge in [0.15, 0.2) is 0 Å². The van der Waals surface area contributed by atoms with Crippen molar-refractivity contribution in [3.63, 3.8) is 0 Å². The van der Waals surface area contributed by atoms with Gasteiger partial charge in [0, 0.05) is 39.6 Å². The van der Waals surface area contributed by atoms with E-state index in [-0.39, 0.29) is 0 Å². The Hall–Kier alpha value is -3.78. The lowest BCUT2D eigenvalue weighted by Gasteiger charge is -2.11. The second-order valence-corrected chi connectivity index (χ2v) is 8.97. The van der Waals surface area contributed by atoms with E-state index in [4.69, 9.17) is 0 Å². The van der Waals surface area contributed by atoms with Crippen molar-refractivity contribution in [2.75, 3.05) is 38.0 Å². The fraction of sp³-hybridized carbons (Fsp3) is 0.188. The molecule has 0 heterocycles. The highest BCUT2D eigenvalue weighted by Gasteiger charge is 2.00. The highest BCUT2D eigenvalue weighted by molar-refractivity contribution is 5.66. The van der Waals surface area contributed by atoms with E-state index >= 15 is 0 Å². The molecule has 0 atom stereocenters. The summed E-state index contributed by atoms with van der Waals surface area (Å²) in [6.07, 6.45) is 17.1. The fourth-order valence-electron chi connectivity index (χ4n) is 3.64. The number of anilines is 2. The third kappa shape index (κ3) is 7.11. The lowest BCUT2D eigenvalue weighted by molar-refractivity contribution is 1.13. The molecule has 34 heavy (non-hydrogen) atoms. The molecule has 0 unspecified atom stereocenters. The van der Waals surface area contributed by atoms with Gasteiger partial charge in [-0.1, -0.05) is 85.0 Å². The molecule has 2 heteroatoms. The second-order valence-electron chi connectivity index (χ2n) is 8.97. The van der Waals surface area contributed by atoms with Gasteiger partial charge in [0.25, 0.3) is 0 Å². The third-order valence-corrected chi connectivity index (χ3v) is 5.82. The maximum atomic E-state index is 2.26. The summed E-state index contributed by atoms with van der Waals surface area (Å²) in [4.78, 5) is 4.22. The minimum atomic E-state index is 1.20. The topological polar surface area (TPSA) is 6.48 Å². The van der Waals surface area contributed by atoms with Crippen LogP contribution in [0.5, 0.6) is 0 Å². The van der Waals surface area contributed by atoms with Crippen LogP contribution in [0.15, 0.2) is 85.0 Å². The van der Waals surface area contributed by atoms with Crippen molar-refractivity contribution < 1.29 is 0 Å². The standard InChI is InChI=1S/C32H36N2/c1-25-23-30(14-10-8-12-28-17-21-32(22-18-28)34(5)6)26(2)24-29(25)13-9-7-11-27-15-19-31(20-16-27)33(3)4/h7-24H,1-6H3/b11-7+,12-8+,13-9+,14-10+. The maximum absolute atomic E-state index is 2.26. The Labute approximate surface area is 205 Å². The smallest absolute Gasteiger partial charge is 0.0361 e. The number of benzene rings is 3. The van der Waals surface area contributed by atoms with Crippen LogP contribution in [-0.2, 0) is 0 Å². The van der Waals surface area contributed by atoms with Gasteiger partial charge in [-0.15, -0.1) is 0 Å². The van der Waals surface area contributed by atoms with E-state index in [0.29, 0.717) is 0 Å². The summed E-state index contributed by atoms with van der Waals surface area (Å²) in [5.74, 6) is 0. The van der Waals surface area contributed by atoms with Crippen LogP contribution in [0.1, 0.15) is 33.4 Å². The van der Waals surface area contributed by atoms with Crippen molar-refractivity contribution in [2.45, 2.75) is 13.8 Å². The van der Waals surface area contributed by atoms with Crippen molar-refractivity contribution in [3.05, 3.63) is 118 Å². The molecule has 3 rings (SSSR count). The Kier molecular flexibility index (Phi) is 8.70. The Bertz CT molecular complexity index is 1090. The van der Waals surface area contributed by atoms with Crippen molar-refractivity contribution >= 4 is 35.7 Å². The lowest BCUT2D eigenvalue weighted by Crippen LogP contribution is -2.07. The highest BCUT2D eigenvalue weighted by Crippen LogP contribution is 2.20. The van der Waals surface area contributed by atoms with Gasteiger partial charge in [-0.3, -0.25) is 0 Å². The SMILES string of the molecule is Cc1cc(/C=C/C=C/c2ccc(N(C)C)cc2)c(C)cc1/C=C/C=C/c1ccc(N(C)C)cc1. The van der Waals surface area contributed by atoms with E-state index in [2.05, 4.69) is 161 Å². The molecular weight excluding hydrogens is 412 g/mol. The van der Waals surface area contributed by atoms with E-state index < -0.39 is 0 Å². The molecule has 0 saturated heterocycles. The molecule has 174 valence electrons. The number of hydrogen-bond acceptors (Lipinski definition) is 2. The van der Waals surface area contributed by atoms with Gasteiger partial charge < -0.3 is 9.80 Å². The van der Waals surface area contributed by atoms with Crippen LogP contribution in [0.4, 0.5) is 11.4 Å². The first-order valence-electron chi connectivity index (χ1n) is 11.7. The van der Waals surface area contributed by atoms with Crippen LogP contribution in [-0.4, -0.2) is 28.2 Å². The first-order chi connectivity index (χ1) is 16.3. The van der Waals surface area contributed by atoms with E-state index in [0.717, 1.165) is 0 Å². The minimum absolute atomic E-state index is 1.20. The number of nitrogens with zero attached hydrogens (tertiary/aromatic N) is 2. The quantitative estimate of drug-likeness (QED) is 0.323. The van der Waals surface area contributed by atoms with E-state index in [9.17, 15) is 0 Å². The molecule has 0 aliphatic rings. The van der Waals surface area contributed by atoms with Gasteiger partial charge in [0.1, 0.15) is 0 Å². The molecule has 0 bridgehead atoms. The Morgan fingerprint density at radius 3 is 1.12 bits per heavy atom. The van der Waals surface area contributed by atoms with Gasteiger partial charge in [0.05, 0.1) is 0 Å². The van der Waals surface area contributed by atoms with Gasteiger partial charge in [-0.25, -0.2) is 0 Å². The van der Waals surface area contributed by atoms with Crippen LogP contribution >= 0.6 is 0 Å². The normalized spacial score (nSPS) is 11.9. The molecule has 0 aromatic heterocycles. The van der Waals surface area contributed by atoms with Crippen molar-refractivity contribution in [1.82, 2.24) is 0 Å². The van der Waals surface area contributed by atoms with Crippen LogP contribution in [0, 0.1) is 13.8 Å². The van der Waals surface area contributed by atoms with Gasteiger partial charge in [-0.05, 0) is 71.5 Å². The molecule has 3 aromatic carbocycles. The van der Waals surface area contributed by atoms with Crippen LogP contribution in [0.25, 0.3) is 24.3 Å². The summed E-state index contributed by atoms with van der Waals surface area (Å²) >= 11 is 0. The Morgan fingerprint density at radius 1 is 0.471 bits per heavy atom. The van der Waals surface area contributed by atoms with Gasteiger partial charge >= 0.3 is 0 Å². The first kappa shape index (κ1) is 24.9. The molecule has 0 amide bonds. The summed E-state index contributed by atoms with van der Waals surface area (Å²) in [7, 11) is 8.23. The Balaban J connectivity index is 1.62. The summed E-state index contributed by atoms with van der Waals surface area (Å²) in [6.45, 7) is 4.34. The number of aryl methyl sites for hydroxylation is 2. The van der Waals surface area contributed by atoms with E-state index in [1.165, 1.54) is 44.8 Å². The number of hydrogen-bond donors (Lipinski definition) is 0. The molecule has 0 N–H and O–H groups in total. The summed E-state index contributed by atoms with van der Waals surface area (Å²) < 4.78 is 0. The van der Waals surface area contributed by atoms with E-state index in [1.54, 1.807) is 0 Å². The molecule has 0 spiro atoms. The molecule has 0 aliphatic carbocycles. The monoisotopic (exact) mass is 448 g/mol. The minimum Gasteiger partial charge on any atom is -0.378 e. The third-order valence-electron chi connectivity index (χ3n) is 5.82. The highest BCUT2D eigenvalue weighted by atomic mass is 15.1. The summed E-state index contributed by atoms with van der Waals surface area (Å²) in [5.41, 5.74) is 9.86. The summed E-state index contributed by atoms with van der Waals surface area (Å²) in [5, 5.41) is 0. The number of rotatable bonds is 8. The van der Waals surface area contributed by atoms with Crippen LogP contribution in [0.3, 0.4) is 0 Å². The molecule has 3 aromatic rings. The molecule has 0 radical (unpaired) electrons. The van der Waals surface area contributed by atoms with E-state index in [1.807, 2.05) is 0 Å². The average molecular weight is 449 g/mol. The zero-order chi connectivity index (χ0) is 24.5. The average Bonchev–Trinajstić information content (AvgIpc) is 2.82. The fourth-order valence-corrected chi connectivity index (χ4v) is 3.64. The molecule has 0 saturated carbocycles. The predicted octanol–water partition coefficient (Wildman–Crippen LogP) is 7.89. The van der Waals surface area contributed by atoms with Gasteiger partial charge in [0.2, 0.25) is 0 Å². The second kappa shape index (κ2) is 11.9. The van der Waals surface area contributed by atoms with Crippen LogP contribution < -0.4 is 9.80 Å². The van der Waals surface area contributed by atoms with Crippen molar-refractivity contribution in [1.29, 1.82) is 0 Å².